The summed E-state index contributed by atoms with van der Waals surface area (Å²) >= 11 is 0. The van der Waals surface area contributed by atoms with Gasteiger partial charge in [-0.15, -0.1) is 0 Å². The normalized spacial score (nSPS) is 9.83. The van der Waals surface area contributed by atoms with Gasteiger partial charge in [-0.05, 0) is 0 Å². The number of rotatable bonds is 4. The Morgan fingerprint density at radius 2 is 2.08 bits per heavy atom. The van der Waals surface area contributed by atoms with Gasteiger partial charge in [0.15, 0.2) is 5.75 Å². The van der Waals surface area contributed by atoms with Crippen LogP contribution in [0.25, 0.3) is 0 Å². The van der Waals surface area contributed by atoms with Gasteiger partial charge in [-0.3, -0.25) is 0 Å². The van der Waals surface area contributed by atoms with Crippen molar-refractivity contribution in [3.05, 3.63) is 18.2 Å². The van der Waals surface area contributed by atoms with E-state index in [1.165, 1.54) is 0 Å². The summed E-state index contributed by atoms with van der Waals surface area (Å²) in [5.74, 6) is 1.51. The summed E-state index contributed by atoms with van der Waals surface area (Å²) in [5.41, 5.74) is 5.27. The molecule has 0 aliphatic heterocycles. The lowest BCUT2D eigenvalue weighted by atomic mass is 10.4. The van der Waals surface area contributed by atoms with Gasteiger partial charge in [0.25, 0.3) is 0 Å². The molecule has 0 amide bonds. The van der Waals surface area contributed by atoms with E-state index >= 15 is 0 Å². The van der Waals surface area contributed by atoms with Crippen molar-refractivity contribution in [3.63, 3.8) is 0 Å². The molecule has 0 spiro atoms. The van der Waals surface area contributed by atoms with Crippen molar-refractivity contribution in [2.75, 3.05) is 13.2 Å². The number of aryl methyl sites for hydroxylation is 1. The molecule has 0 bridgehead atoms. The highest BCUT2D eigenvalue weighted by Crippen LogP contribution is 2.05. The van der Waals surface area contributed by atoms with Crippen molar-refractivity contribution < 1.29 is 4.74 Å². The zero-order valence-electron chi connectivity index (χ0n) is 7.16. The van der Waals surface area contributed by atoms with Crippen molar-refractivity contribution in [1.82, 2.24) is 9.97 Å². The first-order valence-electron chi connectivity index (χ1n) is 4.00. The topological polar surface area (TPSA) is 61.0 Å². The van der Waals surface area contributed by atoms with E-state index in [0.717, 1.165) is 12.2 Å². The molecule has 0 saturated carbocycles. The minimum absolute atomic E-state index is 0.509. The van der Waals surface area contributed by atoms with Crippen molar-refractivity contribution >= 4 is 0 Å². The lowest BCUT2D eigenvalue weighted by Gasteiger charge is -2.02. The molecule has 0 unspecified atom stereocenters. The first-order valence-corrected chi connectivity index (χ1v) is 4.00. The number of aromatic nitrogens is 2. The smallest absolute Gasteiger partial charge is 0.155 e. The molecule has 0 saturated heterocycles. The average Bonchev–Trinajstić information content (AvgIpc) is 2.15. The van der Waals surface area contributed by atoms with Crippen LogP contribution in [0.3, 0.4) is 0 Å². The Hall–Kier alpha value is -1.16. The van der Waals surface area contributed by atoms with Crippen LogP contribution in [0.5, 0.6) is 5.75 Å². The van der Waals surface area contributed by atoms with Crippen LogP contribution in [0.4, 0.5) is 0 Å². The SMILES string of the molecule is CCc1ncc(OCCN)cn1. The second-order valence-corrected chi connectivity index (χ2v) is 2.33. The van der Waals surface area contributed by atoms with Crippen LogP contribution in [0, 0.1) is 0 Å². The van der Waals surface area contributed by atoms with E-state index < -0.39 is 0 Å². The zero-order chi connectivity index (χ0) is 8.81. The molecular weight excluding hydrogens is 154 g/mol. The molecule has 0 aromatic carbocycles. The Bertz CT molecular complexity index is 222. The van der Waals surface area contributed by atoms with Crippen LogP contribution in [-0.4, -0.2) is 23.1 Å². The average molecular weight is 167 g/mol. The molecule has 0 fully saturated rings. The van der Waals surface area contributed by atoms with E-state index in [0.29, 0.717) is 18.9 Å². The first kappa shape index (κ1) is 8.93. The van der Waals surface area contributed by atoms with Crippen molar-refractivity contribution in [2.45, 2.75) is 13.3 Å². The Kier molecular flexibility index (Phi) is 3.47. The van der Waals surface area contributed by atoms with Crippen LogP contribution < -0.4 is 10.5 Å². The van der Waals surface area contributed by atoms with Gasteiger partial charge in [-0.25, -0.2) is 9.97 Å². The Labute approximate surface area is 71.8 Å². The fourth-order valence-electron chi connectivity index (χ4n) is 0.777. The molecule has 12 heavy (non-hydrogen) atoms. The molecule has 1 aromatic heterocycles. The fraction of sp³-hybridized carbons (Fsp3) is 0.500. The highest BCUT2D eigenvalue weighted by molar-refractivity contribution is 5.12. The van der Waals surface area contributed by atoms with Gasteiger partial charge < -0.3 is 10.5 Å². The largest absolute Gasteiger partial charge is 0.489 e. The number of hydrogen-bond donors (Lipinski definition) is 1. The third kappa shape index (κ3) is 2.47. The van der Waals surface area contributed by atoms with Gasteiger partial charge in [0, 0.05) is 13.0 Å². The maximum atomic E-state index is 5.27. The van der Waals surface area contributed by atoms with Crippen LogP contribution in [0.2, 0.25) is 0 Å². The van der Waals surface area contributed by atoms with E-state index in [4.69, 9.17) is 10.5 Å². The highest BCUT2D eigenvalue weighted by Gasteiger charge is 1.94. The van der Waals surface area contributed by atoms with E-state index in [1.807, 2.05) is 6.92 Å². The number of nitrogens with two attached hydrogens (primary N) is 1. The molecule has 0 aliphatic carbocycles. The van der Waals surface area contributed by atoms with Crippen molar-refractivity contribution in [3.8, 4) is 5.75 Å². The molecule has 0 atom stereocenters. The zero-order valence-corrected chi connectivity index (χ0v) is 7.16. The maximum Gasteiger partial charge on any atom is 0.155 e. The van der Waals surface area contributed by atoms with Crippen LogP contribution in [-0.2, 0) is 6.42 Å². The predicted molar refractivity (Wildman–Crippen MR) is 46.0 cm³/mol. The number of ether oxygens (including phenoxy) is 1. The van der Waals surface area contributed by atoms with Gasteiger partial charge in [0.05, 0.1) is 12.4 Å². The van der Waals surface area contributed by atoms with Crippen molar-refractivity contribution in [1.29, 1.82) is 0 Å². The number of hydrogen-bond acceptors (Lipinski definition) is 4. The maximum absolute atomic E-state index is 5.27. The molecule has 1 rings (SSSR count). The summed E-state index contributed by atoms with van der Waals surface area (Å²) in [6, 6.07) is 0. The Morgan fingerprint density at radius 3 is 2.58 bits per heavy atom. The standard InChI is InChI=1S/C8H13N3O/c1-2-8-10-5-7(6-11-8)12-4-3-9/h5-6H,2-4,9H2,1H3. The molecule has 66 valence electrons. The quantitative estimate of drug-likeness (QED) is 0.704. The molecule has 0 radical (unpaired) electrons. The van der Waals surface area contributed by atoms with Gasteiger partial charge in [0.2, 0.25) is 0 Å². The van der Waals surface area contributed by atoms with E-state index in [-0.39, 0.29) is 0 Å². The molecular formula is C8H13N3O. The molecule has 0 aliphatic rings. The van der Waals surface area contributed by atoms with Gasteiger partial charge in [-0.1, -0.05) is 6.92 Å². The third-order valence-electron chi connectivity index (χ3n) is 1.38. The van der Waals surface area contributed by atoms with Gasteiger partial charge >= 0.3 is 0 Å². The Morgan fingerprint density at radius 1 is 1.42 bits per heavy atom. The first-order chi connectivity index (χ1) is 5.86. The molecule has 4 nitrogen and oxygen atoms in total. The van der Waals surface area contributed by atoms with Crippen LogP contribution in [0.1, 0.15) is 12.7 Å². The van der Waals surface area contributed by atoms with Crippen molar-refractivity contribution in [2.24, 2.45) is 5.73 Å². The van der Waals surface area contributed by atoms with Gasteiger partial charge in [0.1, 0.15) is 12.4 Å². The van der Waals surface area contributed by atoms with E-state index in [9.17, 15) is 0 Å². The Balaban J connectivity index is 2.53. The van der Waals surface area contributed by atoms with Crippen LogP contribution in [0.15, 0.2) is 12.4 Å². The summed E-state index contributed by atoms with van der Waals surface area (Å²) < 4.78 is 5.20. The highest BCUT2D eigenvalue weighted by atomic mass is 16.5. The van der Waals surface area contributed by atoms with Crippen LogP contribution >= 0.6 is 0 Å². The lowest BCUT2D eigenvalue weighted by Crippen LogP contribution is -2.11. The summed E-state index contributed by atoms with van der Waals surface area (Å²) in [6.45, 7) is 3.03. The molecule has 2 N–H and O–H groups in total. The third-order valence-corrected chi connectivity index (χ3v) is 1.38. The second-order valence-electron chi connectivity index (χ2n) is 2.33. The van der Waals surface area contributed by atoms with E-state index in [2.05, 4.69) is 9.97 Å². The summed E-state index contributed by atoms with van der Waals surface area (Å²) in [7, 11) is 0. The monoisotopic (exact) mass is 167 g/mol. The predicted octanol–water partition coefficient (Wildman–Crippen LogP) is 0.376. The minimum Gasteiger partial charge on any atom is -0.489 e. The molecule has 4 heteroatoms. The second kappa shape index (κ2) is 4.66. The van der Waals surface area contributed by atoms with E-state index in [1.54, 1.807) is 12.4 Å². The minimum atomic E-state index is 0.509. The number of nitrogens with zero attached hydrogens (tertiary/aromatic N) is 2. The summed E-state index contributed by atoms with van der Waals surface area (Å²) in [6.07, 6.45) is 4.18. The fourth-order valence-corrected chi connectivity index (χ4v) is 0.777. The summed E-state index contributed by atoms with van der Waals surface area (Å²) in [4.78, 5) is 8.15. The molecule has 1 aromatic rings. The molecule has 1 heterocycles. The summed E-state index contributed by atoms with van der Waals surface area (Å²) in [5, 5.41) is 0. The lowest BCUT2D eigenvalue weighted by molar-refractivity contribution is 0.325. The van der Waals surface area contributed by atoms with Gasteiger partial charge in [-0.2, -0.15) is 0 Å².